The van der Waals surface area contributed by atoms with Gasteiger partial charge in [0.25, 0.3) is 0 Å². The lowest BCUT2D eigenvalue weighted by Gasteiger charge is -2.15. The fraction of sp³-hybridized carbons (Fsp3) is 0.588. The quantitative estimate of drug-likeness (QED) is 0.581. The van der Waals surface area contributed by atoms with Crippen molar-refractivity contribution < 1.29 is 8.42 Å². The van der Waals surface area contributed by atoms with Crippen LogP contribution in [0.5, 0.6) is 0 Å². The summed E-state index contributed by atoms with van der Waals surface area (Å²) in [5.74, 6) is 0.785. The number of benzene rings is 1. The van der Waals surface area contributed by atoms with Crippen molar-refractivity contribution in [2.45, 2.75) is 44.6 Å². The first-order valence-electron chi connectivity index (χ1n) is 8.69. The zero-order chi connectivity index (χ0) is 17.4. The van der Waals surface area contributed by atoms with Crippen LogP contribution in [0.3, 0.4) is 0 Å². The van der Waals surface area contributed by atoms with Gasteiger partial charge in [0, 0.05) is 26.2 Å². The van der Waals surface area contributed by atoms with E-state index < -0.39 is 10.0 Å². The Morgan fingerprint density at radius 3 is 2.38 bits per heavy atom. The lowest BCUT2D eigenvalue weighted by Crippen LogP contribution is -2.37. The lowest BCUT2D eigenvalue weighted by atomic mass is 10.2. The number of nitrogens with zero attached hydrogens (tertiary/aromatic N) is 2. The summed E-state index contributed by atoms with van der Waals surface area (Å²) >= 11 is 0. The highest BCUT2D eigenvalue weighted by atomic mass is 32.2. The van der Waals surface area contributed by atoms with Gasteiger partial charge >= 0.3 is 0 Å². The van der Waals surface area contributed by atoms with E-state index in [9.17, 15) is 8.42 Å². The van der Waals surface area contributed by atoms with E-state index in [1.54, 1.807) is 16.4 Å². The molecule has 6 nitrogen and oxygen atoms in total. The Balaban J connectivity index is 2.03. The van der Waals surface area contributed by atoms with Crippen molar-refractivity contribution in [3.05, 3.63) is 29.8 Å². The second-order valence-electron chi connectivity index (χ2n) is 5.88. The number of hydrogen-bond acceptors (Lipinski definition) is 3. The third kappa shape index (κ3) is 4.95. The molecule has 134 valence electrons. The van der Waals surface area contributed by atoms with Gasteiger partial charge < -0.3 is 10.6 Å². The van der Waals surface area contributed by atoms with E-state index >= 15 is 0 Å². The van der Waals surface area contributed by atoms with Crippen molar-refractivity contribution in [1.82, 2.24) is 14.9 Å². The van der Waals surface area contributed by atoms with Crippen molar-refractivity contribution in [1.29, 1.82) is 0 Å². The number of nitrogens with one attached hydrogen (secondary N) is 2. The number of sulfonamides is 1. The normalized spacial score (nSPS) is 16.3. The third-order valence-electron chi connectivity index (χ3n) is 3.93. The van der Waals surface area contributed by atoms with Gasteiger partial charge in [-0.15, -0.1) is 0 Å². The molecule has 0 unspecified atom stereocenters. The van der Waals surface area contributed by atoms with Gasteiger partial charge in [-0.25, -0.2) is 13.4 Å². The van der Waals surface area contributed by atoms with Crippen molar-refractivity contribution in [2.75, 3.05) is 26.2 Å². The van der Waals surface area contributed by atoms with Crippen LogP contribution in [0.25, 0.3) is 0 Å². The van der Waals surface area contributed by atoms with Crippen molar-refractivity contribution >= 4 is 16.0 Å². The van der Waals surface area contributed by atoms with Crippen molar-refractivity contribution in [3.8, 4) is 0 Å². The highest BCUT2D eigenvalue weighted by Crippen LogP contribution is 2.21. The van der Waals surface area contributed by atoms with Gasteiger partial charge in [0.05, 0.1) is 11.4 Å². The molecule has 1 heterocycles. The van der Waals surface area contributed by atoms with Crippen LogP contribution in [0.4, 0.5) is 0 Å². The minimum absolute atomic E-state index is 0.369. The Labute approximate surface area is 145 Å². The molecule has 0 radical (unpaired) electrons. The topological polar surface area (TPSA) is 73.8 Å². The van der Waals surface area contributed by atoms with Gasteiger partial charge in [-0.2, -0.15) is 4.31 Å². The summed E-state index contributed by atoms with van der Waals surface area (Å²) in [7, 11) is -3.33. The monoisotopic (exact) mass is 352 g/mol. The van der Waals surface area contributed by atoms with Gasteiger partial charge in [0.1, 0.15) is 0 Å². The first-order valence-corrected chi connectivity index (χ1v) is 10.1. The molecule has 0 aliphatic carbocycles. The molecule has 1 aromatic rings. The molecule has 1 aliphatic heterocycles. The van der Waals surface area contributed by atoms with Crippen LogP contribution in [0.15, 0.2) is 34.2 Å². The molecule has 1 saturated heterocycles. The first-order chi connectivity index (χ1) is 11.6. The average Bonchev–Trinajstić information content (AvgIpc) is 3.13. The summed E-state index contributed by atoms with van der Waals surface area (Å²) < 4.78 is 26.6. The minimum Gasteiger partial charge on any atom is -0.357 e. The number of hydrogen-bond donors (Lipinski definition) is 2. The van der Waals surface area contributed by atoms with Crippen LogP contribution in [0, 0.1) is 0 Å². The summed E-state index contributed by atoms with van der Waals surface area (Å²) in [6.45, 7) is 7.59. The van der Waals surface area contributed by atoms with Crippen LogP contribution in [-0.2, 0) is 16.6 Å². The van der Waals surface area contributed by atoms with Gasteiger partial charge in [-0.05, 0) is 43.9 Å². The van der Waals surface area contributed by atoms with Gasteiger partial charge in [-0.3, -0.25) is 0 Å². The zero-order valence-corrected chi connectivity index (χ0v) is 15.4. The Kier molecular flexibility index (Phi) is 7.05. The fourth-order valence-corrected chi connectivity index (χ4v) is 4.12. The lowest BCUT2D eigenvalue weighted by molar-refractivity contribution is 0.477. The summed E-state index contributed by atoms with van der Waals surface area (Å²) in [6.07, 6.45) is 2.93. The predicted molar refractivity (Wildman–Crippen MR) is 97.5 cm³/mol. The molecule has 1 fully saturated rings. The molecule has 1 aromatic carbocycles. The number of rotatable bonds is 7. The van der Waals surface area contributed by atoms with Crippen LogP contribution in [0.2, 0.25) is 0 Å². The maximum atomic E-state index is 12.5. The van der Waals surface area contributed by atoms with Gasteiger partial charge in [-0.1, -0.05) is 19.1 Å². The van der Waals surface area contributed by atoms with E-state index in [-0.39, 0.29) is 0 Å². The highest BCUT2D eigenvalue weighted by molar-refractivity contribution is 7.89. The maximum absolute atomic E-state index is 12.5. The van der Waals surface area contributed by atoms with E-state index in [0.29, 0.717) is 24.5 Å². The number of guanidine groups is 1. The fourth-order valence-electron chi connectivity index (χ4n) is 2.60. The van der Waals surface area contributed by atoms with E-state index in [1.807, 2.05) is 19.1 Å². The molecular formula is C17H28N4O2S. The molecule has 2 N–H and O–H groups in total. The Morgan fingerprint density at radius 1 is 1.12 bits per heavy atom. The van der Waals surface area contributed by atoms with Gasteiger partial charge in [0.15, 0.2) is 5.96 Å². The number of aliphatic imine (C=N–C) groups is 1. The summed E-state index contributed by atoms with van der Waals surface area (Å²) in [5, 5.41) is 6.45. The van der Waals surface area contributed by atoms with Crippen LogP contribution >= 0.6 is 0 Å². The molecule has 0 saturated carbocycles. The third-order valence-corrected chi connectivity index (χ3v) is 5.85. The maximum Gasteiger partial charge on any atom is 0.243 e. The highest BCUT2D eigenvalue weighted by Gasteiger charge is 2.26. The Morgan fingerprint density at radius 2 is 1.79 bits per heavy atom. The van der Waals surface area contributed by atoms with E-state index in [2.05, 4.69) is 22.5 Å². The molecule has 0 amide bonds. The van der Waals surface area contributed by atoms with E-state index in [4.69, 9.17) is 0 Å². The molecule has 24 heavy (non-hydrogen) atoms. The van der Waals surface area contributed by atoms with Crippen LogP contribution in [-0.4, -0.2) is 44.9 Å². The summed E-state index contributed by atoms with van der Waals surface area (Å²) in [6, 6.07) is 7.06. The average molecular weight is 353 g/mol. The molecule has 7 heteroatoms. The van der Waals surface area contributed by atoms with Crippen LogP contribution < -0.4 is 10.6 Å². The summed E-state index contributed by atoms with van der Waals surface area (Å²) in [5.41, 5.74) is 0.990. The Hall–Kier alpha value is -1.60. The molecule has 0 spiro atoms. The van der Waals surface area contributed by atoms with E-state index in [1.165, 1.54) is 0 Å². The standard InChI is InChI=1S/C17H28N4O2S/c1-3-11-19-17(18-4-2)20-14-15-7-9-16(10-8-15)24(22,23)21-12-5-6-13-21/h7-10H,3-6,11-14H2,1-2H3,(H2,18,19,20). The second kappa shape index (κ2) is 9.03. The van der Waals surface area contributed by atoms with E-state index in [0.717, 1.165) is 43.9 Å². The summed E-state index contributed by atoms with van der Waals surface area (Å²) in [4.78, 5) is 4.89. The van der Waals surface area contributed by atoms with Crippen molar-refractivity contribution in [2.24, 2.45) is 4.99 Å². The smallest absolute Gasteiger partial charge is 0.243 e. The molecule has 0 aromatic heterocycles. The Bertz CT molecular complexity index is 635. The largest absolute Gasteiger partial charge is 0.357 e. The second-order valence-corrected chi connectivity index (χ2v) is 7.82. The predicted octanol–water partition coefficient (Wildman–Crippen LogP) is 1.94. The zero-order valence-electron chi connectivity index (χ0n) is 14.6. The molecule has 0 bridgehead atoms. The molecular weight excluding hydrogens is 324 g/mol. The SMILES string of the molecule is CCCNC(=NCc1ccc(S(=O)(=O)N2CCCC2)cc1)NCC. The van der Waals surface area contributed by atoms with Crippen LogP contribution in [0.1, 0.15) is 38.7 Å². The van der Waals surface area contributed by atoms with Crippen molar-refractivity contribution in [3.63, 3.8) is 0 Å². The van der Waals surface area contributed by atoms with Gasteiger partial charge in [0.2, 0.25) is 10.0 Å². The minimum atomic E-state index is -3.33. The first kappa shape index (κ1) is 18.7. The molecule has 0 atom stereocenters. The molecule has 1 aliphatic rings. The molecule has 2 rings (SSSR count).